The van der Waals surface area contributed by atoms with Crippen LogP contribution in [-0.4, -0.2) is 9.78 Å². The zero-order valence-corrected chi connectivity index (χ0v) is 8.63. The van der Waals surface area contributed by atoms with Gasteiger partial charge in [-0.25, -0.2) is 0 Å². The lowest BCUT2D eigenvalue weighted by atomic mass is 9.98. The molecule has 0 aromatic carbocycles. The summed E-state index contributed by atoms with van der Waals surface area (Å²) in [6.07, 6.45) is 1.99. The molecule has 1 rings (SSSR count). The van der Waals surface area contributed by atoms with E-state index in [0.29, 0.717) is 11.8 Å². The smallest absolute Gasteiger partial charge is 0.0527 e. The number of aryl methyl sites for hydroxylation is 1. The molecule has 68 valence electrons. The maximum Gasteiger partial charge on any atom is 0.0527 e. The van der Waals surface area contributed by atoms with E-state index in [4.69, 9.17) is 0 Å². The van der Waals surface area contributed by atoms with Gasteiger partial charge in [0.2, 0.25) is 0 Å². The van der Waals surface area contributed by atoms with Gasteiger partial charge >= 0.3 is 0 Å². The van der Waals surface area contributed by atoms with Crippen LogP contribution in [0.5, 0.6) is 0 Å². The van der Waals surface area contributed by atoms with Crippen molar-refractivity contribution in [3.05, 3.63) is 17.5 Å². The first-order chi connectivity index (χ1) is 5.54. The minimum absolute atomic E-state index is 0.565. The van der Waals surface area contributed by atoms with Crippen LogP contribution in [0.15, 0.2) is 6.20 Å². The second kappa shape index (κ2) is 3.30. The normalized spacial score (nSPS) is 11.6. The minimum Gasteiger partial charge on any atom is -0.272 e. The molecule has 2 nitrogen and oxygen atoms in total. The molecule has 0 saturated carbocycles. The van der Waals surface area contributed by atoms with Crippen molar-refractivity contribution in [2.24, 2.45) is 7.05 Å². The number of hydrogen-bond donors (Lipinski definition) is 0. The predicted molar refractivity (Wildman–Crippen MR) is 51.4 cm³/mol. The van der Waals surface area contributed by atoms with Crippen molar-refractivity contribution in [2.75, 3.05) is 0 Å². The summed E-state index contributed by atoms with van der Waals surface area (Å²) in [6.45, 7) is 8.84. The Morgan fingerprint density at radius 1 is 1.17 bits per heavy atom. The molecular weight excluding hydrogens is 148 g/mol. The molecule has 0 bridgehead atoms. The number of hydrogen-bond acceptors (Lipinski definition) is 1. The van der Waals surface area contributed by atoms with Gasteiger partial charge in [-0.3, -0.25) is 4.68 Å². The molecule has 0 aliphatic heterocycles. The average Bonchev–Trinajstić information content (AvgIpc) is 2.30. The Morgan fingerprint density at radius 2 is 1.75 bits per heavy atom. The lowest BCUT2D eigenvalue weighted by molar-refractivity contribution is 0.658. The summed E-state index contributed by atoms with van der Waals surface area (Å²) in [5, 5.41) is 4.28. The molecule has 2 heteroatoms. The second-order valence-corrected chi connectivity index (χ2v) is 3.92. The van der Waals surface area contributed by atoms with E-state index < -0.39 is 0 Å². The zero-order chi connectivity index (χ0) is 9.30. The summed E-state index contributed by atoms with van der Waals surface area (Å²) in [5.41, 5.74) is 2.75. The van der Waals surface area contributed by atoms with Crippen LogP contribution in [0, 0.1) is 0 Å². The highest BCUT2D eigenvalue weighted by atomic mass is 15.3. The van der Waals surface area contributed by atoms with Gasteiger partial charge in [0.1, 0.15) is 0 Å². The molecule has 0 fully saturated rings. The Labute approximate surface area is 74.6 Å². The molecule has 0 atom stereocenters. The fourth-order valence-electron chi connectivity index (χ4n) is 1.62. The van der Waals surface area contributed by atoms with Gasteiger partial charge in [-0.1, -0.05) is 27.7 Å². The first-order valence-corrected chi connectivity index (χ1v) is 4.55. The van der Waals surface area contributed by atoms with Gasteiger partial charge in [-0.2, -0.15) is 5.10 Å². The summed E-state index contributed by atoms with van der Waals surface area (Å²) in [4.78, 5) is 0. The summed E-state index contributed by atoms with van der Waals surface area (Å²) in [6, 6.07) is 0. The third-order valence-electron chi connectivity index (χ3n) is 2.18. The van der Waals surface area contributed by atoms with Gasteiger partial charge in [0.05, 0.1) is 6.20 Å². The monoisotopic (exact) mass is 166 g/mol. The van der Waals surface area contributed by atoms with E-state index >= 15 is 0 Å². The van der Waals surface area contributed by atoms with Gasteiger partial charge in [-0.05, 0) is 17.4 Å². The lowest BCUT2D eigenvalue weighted by Crippen LogP contribution is -2.03. The highest BCUT2D eigenvalue weighted by molar-refractivity contribution is 5.23. The first-order valence-electron chi connectivity index (χ1n) is 4.55. The molecule has 1 aromatic heterocycles. The standard InChI is InChI=1S/C10H18N2/c1-7(2)9-6-11-12(5)10(9)8(3)4/h6-8H,1-5H3. The van der Waals surface area contributed by atoms with Crippen molar-refractivity contribution >= 4 is 0 Å². The van der Waals surface area contributed by atoms with Crippen molar-refractivity contribution in [1.82, 2.24) is 9.78 Å². The third kappa shape index (κ3) is 1.52. The van der Waals surface area contributed by atoms with Gasteiger partial charge in [0, 0.05) is 12.7 Å². The molecule has 0 N–H and O–H groups in total. The van der Waals surface area contributed by atoms with Crippen LogP contribution < -0.4 is 0 Å². The lowest BCUT2D eigenvalue weighted by Gasteiger charge is -2.11. The zero-order valence-electron chi connectivity index (χ0n) is 8.63. The third-order valence-corrected chi connectivity index (χ3v) is 2.18. The molecule has 0 amide bonds. The number of nitrogens with zero attached hydrogens (tertiary/aromatic N) is 2. The average molecular weight is 166 g/mol. The van der Waals surface area contributed by atoms with Gasteiger partial charge in [0.25, 0.3) is 0 Å². The van der Waals surface area contributed by atoms with Crippen LogP contribution in [0.1, 0.15) is 50.8 Å². The van der Waals surface area contributed by atoms with Crippen LogP contribution in [0.25, 0.3) is 0 Å². The maximum absolute atomic E-state index is 4.28. The summed E-state index contributed by atoms with van der Waals surface area (Å²) in [5.74, 6) is 1.14. The Balaban J connectivity index is 3.12. The summed E-state index contributed by atoms with van der Waals surface area (Å²) in [7, 11) is 2.02. The molecule has 1 heterocycles. The SMILES string of the molecule is CC(C)c1cnn(C)c1C(C)C. The van der Waals surface area contributed by atoms with E-state index in [2.05, 4.69) is 32.8 Å². The molecule has 0 saturated heterocycles. The van der Waals surface area contributed by atoms with E-state index in [1.54, 1.807) is 0 Å². The molecular formula is C10H18N2. The van der Waals surface area contributed by atoms with Crippen LogP contribution in [-0.2, 0) is 7.05 Å². The van der Waals surface area contributed by atoms with E-state index in [9.17, 15) is 0 Å². The molecule has 12 heavy (non-hydrogen) atoms. The largest absolute Gasteiger partial charge is 0.272 e. The highest BCUT2D eigenvalue weighted by Crippen LogP contribution is 2.24. The first kappa shape index (κ1) is 9.30. The van der Waals surface area contributed by atoms with E-state index in [-0.39, 0.29) is 0 Å². The Bertz CT molecular complexity index is 259. The van der Waals surface area contributed by atoms with Crippen LogP contribution in [0.4, 0.5) is 0 Å². The van der Waals surface area contributed by atoms with Crippen LogP contribution in [0.3, 0.4) is 0 Å². The molecule has 0 spiro atoms. The molecule has 0 aliphatic rings. The summed E-state index contributed by atoms with van der Waals surface area (Å²) < 4.78 is 1.99. The fourth-order valence-corrected chi connectivity index (χ4v) is 1.62. The quantitative estimate of drug-likeness (QED) is 0.660. The number of rotatable bonds is 2. The van der Waals surface area contributed by atoms with Crippen molar-refractivity contribution in [2.45, 2.75) is 39.5 Å². The molecule has 0 aliphatic carbocycles. The Hall–Kier alpha value is -0.790. The van der Waals surface area contributed by atoms with Crippen molar-refractivity contribution in [1.29, 1.82) is 0 Å². The van der Waals surface area contributed by atoms with Gasteiger partial charge in [0.15, 0.2) is 0 Å². The Morgan fingerprint density at radius 3 is 2.08 bits per heavy atom. The van der Waals surface area contributed by atoms with Gasteiger partial charge in [-0.15, -0.1) is 0 Å². The molecule has 1 aromatic rings. The van der Waals surface area contributed by atoms with Crippen molar-refractivity contribution in [3.8, 4) is 0 Å². The van der Waals surface area contributed by atoms with E-state index in [1.807, 2.05) is 17.9 Å². The topological polar surface area (TPSA) is 17.8 Å². The fraction of sp³-hybridized carbons (Fsp3) is 0.700. The Kier molecular flexibility index (Phi) is 2.55. The molecule has 0 radical (unpaired) electrons. The van der Waals surface area contributed by atoms with E-state index in [0.717, 1.165) is 0 Å². The van der Waals surface area contributed by atoms with Crippen LogP contribution in [0.2, 0.25) is 0 Å². The van der Waals surface area contributed by atoms with Gasteiger partial charge < -0.3 is 0 Å². The summed E-state index contributed by atoms with van der Waals surface area (Å²) >= 11 is 0. The van der Waals surface area contributed by atoms with E-state index in [1.165, 1.54) is 11.3 Å². The minimum atomic E-state index is 0.565. The van der Waals surface area contributed by atoms with Crippen molar-refractivity contribution in [3.63, 3.8) is 0 Å². The maximum atomic E-state index is 4.28. The number of aromatic nitrogens is 2. The second-order valence-electron chi connectivity index (χ2n) is 3.92. The van der Waals surface area contributed by atoms with Crippen molar-refractivity contribution < 1.29 is 0 Å². The molecule has 0 unspecified atom stereocenters. The highest BCUT2D eigenvalue weighted by Gasteiger charge is 2.13. The van der Waals surface area contributed by atoms with Crippen LogP contribution >= 0.6 is 0 Å². The predicted octanol–water partition coefficient (Wildman–Crippen LogP) is 2.67.